The summed E-state index contributed by atoms with van der Waals surface area (Å²) in [6, 6.07) is 2.07. The van der Waals surface area contributed by atoms with Crippen molar-refractivity contribution in [2.75, 3.05) is 13.1 Å². The number of rotatable bonds is 3. The SMILES string of the molecule is Cc1oc(CN)cc1CN1CC(C)OC(C)(C)C1. The average Bonchev–Trinajstić information content (AvgIpc) is 2.56. The standard InChI is InChI=1S/C14H24N2O2/c1-10-7-16(9-14(3,4)18-10)8-12-5-13(6-15)17-11(12)2/h5,10H,6-9,15H2,1-4H3. The molecule has 0 radical (unpaired) electrons. The van der Waals surface area contributed by atoms with E-state index in [2.05, 4.69) is 31.7 Å². The van der Waals surface area contributed by atoms with Crippen LogP contribution in [0.5, 0.6) is 0 Å². The molecule has 102 valence electrons. The van der Waals surface area contributed by atoms with E-state index < -0.39 is 0 Å². The third-order valence-corrected chi connectivity index (χ3v) is 3.31. The van der Waals surface area contributed by atoms with E-state index in [1.165, 1.54) is 5.56 Å². The maximum absolute atomic E-state index is 5.91. The monoisotopic (exact) mass is 252 g/mol. The molecule has 0 aromatic carbocycles. The minimum Gasteiger partial charge on any atom is -0.465 e. The van der Waals surface area contributed by atoms with Crippen LogP contribution in [-0.2, 0) is 17.8 Å². The minimum atomic E-state index is -0.0774. The molecule has 1 aliphatic heterocycles. The van der Waals surface area contributed by atoms with Gasteiger partial charge in [-0.05, 0) is 33.8 Å². The molecular formula is C14H24N2O2. The van der Waals surface area contributed by atoms with E-state index in [-0.39, 0.29) is 11.7 Å². The molecule has 1 atom stereocenters. The van der Waals surface area contributed by atoms with Crippen LogP contribution in [0.15, 0.2) is 10.5 Å². The molecule has 1 fully saturated rings. The molecule has 2 heterocycles. The summed E-state index contributed by atoms with van der Waals surface area (Å²) in [5.41, 5.74) is 6.76. The van der Waals surface area contributed by atoms with Crippen molar-refractivity contribution in [3.05, 3.63) is 23.2 Å². The highest BCUT2D eigenvalue weighted by atomic mass is 16.5. The molecule has 0 aliphatic carbocycles. The van der Waals surface area contributed by atoms with Crippen LogP contribution in [0.2, 0.25) is 0 Å². The highest BCUT2D eigenvalue weighted by molar-refractivity contribution is 5.20. The minimum absolute atomic E-state index is 0.0774. The van der Waals surface area contributed by atoms with Crippen molar-refractivity contribution in [3.63, 3.8) is 0 Å². The Labute approximate surface area is 109 Å². The molecule has 0 spiro atoms. The third kappa shape index (κ3) is 3.13. The number of aryl methyl sites for hydroxylation is 1. The Hall–Kier alpha value is -0.840. The average molecular weight is 252 g/mol. The zero-order valence-electron chi connectivity index (χ0n) is 11.8. The summed E-state index contributed by atoms with van der Waals surface area (Å²) in [6.45, 7) is 11.7. The van der Waals surface area contributed by atoms with Gasteiger partial charge in [0.25, 0.3) is 0 Å². The van der Waals surface area contributed by atoms with Crippen molar-refractivity contribution in [1.29, 1.82) is 0 Å². The van der Waals surface area contributed by atoms with Crippen molar-refractivity contribution in [3.8, 4) is 0 Å². The van der Waals surface area contributed by atoms with Crippen LogP contribution in [-0.4, -0.2) is 29.7 Å². The second-order valence-corrected chi connectivity index (χ2v) is 5.86. The second kappa shape index (κ2) is 5.03. The van der Waals surface area contributed by atoms with Crippen LogP contribution < -0.4 is 5.73 Å². The van der Waals surface area contributed by atoms with Crippen LogP contribution in [0, 0.1) is 6.92 Å². The van der Waals surface area contributed by atoms with Crippen molar-refractivity contribution in [2.24, 2.45) is 5.73 Å². The van der Waals surface area contributed by atoms with Crippen LogP contribution in [0.1, 0.15) is 37.9 Å². The lowest BCUT2D eigenvalue weighted by atomic mass is 10.0. The summed E-state index contributed by atoms with van der Waals surface area (Å²) < 4.78 is 11.5. The first-order valence-electron chi connectivity index (χ1n) is 6.58. The molecule has 2 N–H and O–H groups in total. The molecule has 1 aliphatic rings. The van der Waals surface area contributed by atoms with Crippen LogP contribution in [0.4, 0.5) is 0 Å². The number of ether oxygens (including phenoxy) is 1. The van der Waals surface area contributed by atoms with Gasteiger partial charge in [-0.25, -0.2) is 0 Å². The zero-order chi connectivity index (χ0) is 13.3. The molecule has 4 nitrogen and oxygen atoms in total. The summed E-state index contributed by atoms with van der Waals surface area (Å²) in [5, 5.41) is 0. The van der Waals surface area contributed by atoms with Gasteiger partial charge < -0.3 is 14.9 Å². The van der Waals surface area contributed by atoms with Crippen molar-refractivity contribution >= 4 is 0 Å². The summed E-state index contributed by atoms with van der Waals surface area (Å²) >= 11 is 0. The van der Waals surface area contributed by atoms with Gasteiger partial charge in [0.1, 0.15) is 11.5 Å². The van der Waals surface area contributed by atoms with Crippen LogP contribution in [0.25, 0.3) is 0 Å². The highest BCUT2D eigenvalue weighted by Crippen LogP contribution is 2.24. The largest absolute Gasteiger partial charge is 0.465 e. The first-order chi connectivity index (χ1) is 8.39. The number of nitrogens with zero attached hydrogens (tertiary/aromatic N) is 1. The molecule has 0 bridgehead atoms. The maximum Gasteiger partial charge on any atom is 0.118 e. The van der Waals surface area contributed by atoms with Gasteiger partial charge in [-0.15, -0.1) is 0 Å². The summed E-state index contributed by atoms with van der Waals surface area (Å²) in [4.78, 5) is 2.42. The Morgan fingerprint density at radius 2 is 2.22 bits per heavy atom. The fourth-order valence-electron chi connectivity index (χ4n) is 2.79. The summed E-state index contributed by atoms with van der Waals surface area (Å²) in [7, 11) is 0. The van der Waals surface area contributed by atoms with E-state index in [0.717, 1.165) is 31.2 Å². The van der Waals surface area contributed by atoms with E-state index >= 15 is 0 Å². The number of nitrogens with two attached hydrogens (primary N) is 1. The summed E-state index contributed by atoms with van der Waals surface area (Å²) in [5.74, 6) is 1.84. The van der Waals surface area contributed by atoms with Gasteiger partial charge in [-0.3, -0.25) is 4.90 Å². The highest BCUT2D eigenvalue weighted by Gasteiger charge is 2.31. The van der Waals surface area contributed by atoms with Gasteiger partial charge in [-0.2, -0.15) is 0 Å². The number of hydrogen-bond donors (Lipinski definition) is 1. The Morgan fingerprint density at radius 3 is 2.78 bits per heavy atom. The van der Waals surface area contributed by atoms with Crippen LogP contribution in [0.3, 0.4) is 0 Å². The Kier molecular flexibility index (Phi) is 3.80. The van der Waals surface area contributed by atoms with E-state index in [0.29, 0.717) is 6.54 Å². The predicted molar refractivity (Wildman–Crippen MR) is 71.2 cm³/mol. The number of morpholine rings is 1. The molecule has 1 aromatic rings. The van der Waals surface area contributed by atoms with Gasteiger partial charge in [0.15, 0.2) is 0 Å². The lowest BCUT2D eigenvalue weighted by molar-refractivity contribution is -0.130. The Morgan fingerprint density at radius 1 is 1.50 bits per heavy atom. The molecule has 1 aromatic heterocycles. The van der Waals surface area contributed by atoms with E-state index in [9.17, 15) is 0 Å². The number of hydrogen-bond acceptors (Lipinski definition) is 4. The summed E-state index contributed by atoms with van der Waals surface area (Å²) in [6.07, 6.45) is 0.273. The topological polar surface area (TPSA) is 51.6 Å². The quantitative estimate of drug-likeness (QED) is 0.894. The smallest absolute Gasteiger partial charge is 0.118 e. The third-order valence-electron chi connectivity index (χ3n) is 3.31. The van der Waals surface area contributed by atoms with Crippen molar-refractivity contribution in [1.82, 2.24) is 4.90 Å². The second-order valence-electron chi connectivity index (χ2n) is 5.86. The van der Waals surface area contributed by atoms with E-state index in [1.54, 1.807) is 0 Å². The van der Waals surface area contributed by atoms with Crippen LogP contribution >= 0.6 is 0 Å². The van der Waals surface area contributed by atoms with Crippen molar-refractivity contribution in [2.45, 2.75) is 52.5 Å². The lowest BCUT2D eigenvalue weighted by Gasteiger charge is -2.41. The Balaban J connectivity index is 2.06. The van der Waals surface area contributed by atoms with Gasteiger partial charge in [-0.1, -0.05) is 0 Å². The molecule has 2 rings (SSSR count). The van der Waals surface area contributed by atoms with Gasteiger partial charge in [0.05, 0.1) is 18.2 Å². The Bertz CT molecular complexity index is 412. The molecule has 1 saturated heterocycles. The lowest BCUT2D eigenvalue weighted by Crippen LogP contribution is -2.51. The molecule has 4 heteroatoms. The predicted octanol–water partition coefficient (Wildman–Crippen LogP) is 2.05. The normalized spacial score (nSPS) is 24.4. The fourth-order valence-corrected chi connectivity index (χ4v) is 2.79. The maximum atomic E-state index is 5.91. The molecule has 18 heavy (non-hydrogen) atoms. The molecule has 1 unspecified atom stereocenters. The van der Waals surface area contributed by atoms with E-state index in [4.69, 9.17) is 14.9 Å². The first-order valence-corrected chi connectivity index (χ1v) is 6.58. The van der Waals surface area contributed by atoms with E-state index in [1.807, 2.05) is 6.92 Å². The number of furan rings is 1. The molecular weight excluding hydrogens is 228 g/mol. The zero-order valence-corrected chi connectivity index (χ0v) is 11.8. The van der Waals surface area contributed by atoms with Crippen molar-refractivity contribution < 1.29 is 9.15 Å². The fraction of sp³-hybridized carbons (Fsp3) is 0.714. The van der Waals surface area contributed by atoms with Gasteiger partial charge in [0.2, 0.25) is 0 Å². The molecule has 0 amide bonds. The van der Waals surface area contributed by atoms with Gasteiger partial charge in [0, 0.05) is 25.2 Å². The first kappa shape index (κ1) is 13.6. The van der Waals surface area contributed by atoms with Gasteiger partial charge >= 0.3 is 0 Å². The molecule has 0 saturated carbocycles.